The van der Waals surface area contributed by atoms with Crippen LogP contribution in [-0.4, -0.2) is 10.9 Å². The maximum absolute atomic E-state index is 11.7. The Hall–Kier alpha value is -1.31. The fourth-order valence-corrected chi connectivity index (χ4v) is 2.13. The van der Waals surface area contributed by atoms with Gasteiger partial charge >= 0.3 is 0 Å². The van der Waals surface area contributed by atoms with Gasteiger partial charge in [0.1, 0.15) is 5.76 Å². The summed E-state index contributed by atoms with van der Waals surface area (Å²) in [5.41, 5.74) is 1.97. The number of allylic oxidation sites excluding steroid dienone is 5. The minimum absolute atomic E-state index is 0.197. The highest BCUT2D eigenvalue weighted by Crippen LogP contribution is 2.28. The largest absolute Gasteiger partial charge is 0.508 e. The summed E-state index contributed by atoms with van der Waals surface area (Å²) in [6.07, 6.45) is 7.04. The van der Waals surface area contributed by atoms with Gasteiger partial charge in [0.2, 0.25) is 0 Å². The lowest BCUT2D eigenvalue weighted by molar-refractivity contribution is -0.115. The molecule has 2 nitrogen and oxygen atoms in total. The smallest absolute Gasteiger partial charge is 0.155 e. The number of carbonyl (C=O) groups is 1. The van der Waals surface area contributed by atoms with Gasteiger partial charge < -0.3 is 5.11 Å². The van der Waals surface area contributed by atoms with Gasteiger partial charge in [-0.3, -0.25) is 4.79 Å². The van der Waals surface area contributed by atoms with E-state index >= 15 is 0 Å². The van der Waals surface area contributed by atoms with Gasteiger partial charge in [-0.15, -0.1) is 0 Å². The quantitative estimate of drug-likeness (QED) is 0.748. The zero-order valence-corrected chi connectivity index (χ0v) is 11.2. The summed E-state index contributed by atoms with van der Waals surface area (Å²) in [7, 11) is 0. The van der Waals surface area contributed by atoms with Crippen molar-refractivity contribution in [3.05, 3.63) is 35.1 Å². The summed E-state index contributed by atoms with van der Waals surface area (Å²) in [4.78, 5) is 11.7. The van der Waals surface area contributed by atoms with E-state index in [-0.39, 0.29) is 5.78 Å². The molecule has 0 saturated heterocycles. The first-order valence-corrected chi connectivity index (χ1v) is 6.15. The van der Waals surface area contributed by atoms with Crippen molar-refractivity contribution in [2.75, 3.05) is 0 Å². The lowest BCUT2D eigenvalue weighted by Crippen LogP contribution is -2.15. The number of carbonyl (C=O) groups excluding carboxylic acids is 1. The Morgan fingerprint density at radius 3 is 2.76 bits per heavy atom. The van der Waals surface area contributed by atoms with Crippen LogP contribution in [0, 0.1) is 11.8 Å². The third-order valence-electron chi connectivity index (χ3n) is 3.16. The number of rotatable bonds is 4. The van der Waals surface area contributed by atoms with E-state index in [2.05, 4.69) is 13.0 Å². The molecule has 0 fully saturated rings. The minimum atomic E-state index is 0.197. The molecule has 17 heavy (non-hydrogen) atoms. The van der Waals surface area contributed by atoms with Crippen molar-refractivity contribution in [3.63, 3.8) is 0 Å². The molecule has 94 valence electrons. The molecular weight excluding hydrogens is 212 g/mol. The summed E-state index contributed by atoms with van der Waals surface area (Å²) in [5, 5.41) is 9.49. The Labute approximate surface area is 104 Å². The SMILES string of the molecule is CC(C)=CC(=O)CC(C)C1C=C(C)C(O)=CC1. The maximum Gasteiger partial charge on any atom is 0.155 e. The van der Waals surface area contributed by atoms with E-state index in [4.69, 9.17) is 0 Å². The van der Waals surface area contributed by atoms with E-state index in [1.807, 2.05) is 26.8 Å². The Morgan fingerprint density at radius 1 is 1.59 bits per heavy atom. The summed E-state index contributed by atoms with van der Waals surface area (Å²) in [6, 6.07) is 0. The summed E-state index contributed by atoms with van der Waals surface area (Å²) < 4.78 is 0. The second-order valence-corrected chi connectivity index (χ2v) is 5.21. The van der Waals surface area contributed by atoms with E-state index < -0.39 is 0 Å². The van der Waals surface area contributed by atoms with Crippen LogP contribution in [0.2, 0.25) is 0 Å². The van der Waals surface area contributed by atoms with E-state index in [1.165, 1.54) is 0 Å². The van der Waals surface area contributed by atoms with Gasteiger partial charge in [-0.25, -0.2) is 0 Å². The predicted octanol–water partition coefficient (Wildman–Crippen LogP) is 3.96. The van der Waals surface area contributed by atoms with E-state index in [1.54, 1.807) is 6.08 Å². The van der Waals surface area contributed by atoms with Gasteiger partial charge in [-0.05, 0) is 56.8 Å². The topological polar surface area (TPSA) is 37.3 Å². The fraction of sp³-hybridized carbons (Fsp3) is 0.533. The van der Waals surface area contributed by atoms with Gasteiger partial charge in [-0.2, -0.15) is 0 Å². The zero-order valence-electron chi connectivity index (χ0n) is 11.2. The van der Waals surface area contributed by atoms with Crippen LogP contribution in [0.15, 0.2) is 35.1 Å². The van der Waals surface area contributed by atoms with E-state index in [0.29, 0.717) is 24.0 Å². The summed E-state index contributed by atoms with van der Waals surface area (Å²) in [5.74, 6) is 1.25. The number of aliphatic hydroxyl groups is 1. The molecule has 0 aromatic carbocycles. The fourth-order valence-electron chi connectivity index (χ4n) is 2.13. The first-order valence-electron chi connectivity index (χ1n) is 6.15. The van der Waals surface area contributed by atoms with Crippen molar-refractivity contribution in [2.45, 2.75) is 40.5 Å². The van der Waals surface area contributed by atoms with Crippen LogP contribution in [-0.2, 0) is 4.79 Å². The van der Waals surface area contributed by atoms with Crippen molar-refractivity contribution < 1.29 is 9.90 Å². The highest BCUT2D eigenvalue weighted by Gasteiger charge is 2.20. The van der Waals surface area contributed by atoms with E-state index in [9.17, 15) is 9.90 Å². The second kappa shape index (κ2) is 5.85. The molecule has 0 amide bonds. The lowest BCUT2D eigenvalue weighted by Gasteiger charge is -2.22. The molecule has 0 spiro atoms. The molecule has 0 radical (unpaired) electrons. The molecule has 0 saturated carbocycles. The molecule has 2 heteroatoms. The molecule has 1 rings (SSSR count). The highest BCUT2D eigenvalue weighted by atomic mass is 16.3. The van der Waals surface area contributed by atoms with Crippen molar-refractivity contribution in [2.24, 2.45) is 11.8 Å². The van der Waals surface area contributed by atoms with Crippen LogP contribution < -0.4 is 0 Å². The molecule has 0 heterocycles. The van der Waals surface area contributed by atoms with Gasteiger partial charge in [0.15, 0.2) is 5.78 Å². The first kappa shape index (κ1) is 13.8. The molecule has 0 bridgehead atoms. The predicted molar refractivity (Wildman–Crippen MR) is 70.8 cm³/mol. The average Bonchev–Trinajstić information content (AvgIpc) is 2.20. The summed E-state index contributed by atoms with van der Waals surface area (Å²) >= 11 is 0. The zero-order chi connectivity index (χ0) is 13.0. The van der Waals surface area contributed by atoms with Crippen molar-refractivity contribution in [1.82, 2.24) is 0 Å². The standard InChI is InChI=1S/C15H22O2/c1-10(2)7-14(16)9-11(3)13-5-6-15(17)12(4)8-13/h6-8,11,13,17H,5,9H2,1-4H3. The Kier molecular flexibility index (Phi) is 4.73. The Bertz CT molecular complexity index is 382. The number of ketones is 1. The first-order chi connectivity index (χ1) is 7.90. The van der Waals surface area contributed by atoms with Gasteiger partial charge in [0.25, 0.3) is 0 Å². The van der Waals surface area contributed by atoms with Gasteiger partial charge in [0, 0.05) is 6.42 Å². The Balaban J connectivity index is 2.59. The highest BCUT2D eigenvalue weighted by molar-refractivity contribution is 5.90. The summed E-state index contributed by atoms with van der Waals surface area (Å²) in [6.45, 7) is 7.88. The Morgan fingerprint density at radius 2 is 2.24 bits per heavy atom. The number of hydrogen-bond donors (Lipinski definition) is 1. The van der Waals surface area contributed by atoms with Gasteiger partial charge in [-0.1, -0.05) is 18.6 Å². The molecular formula is C15H22O2. The van der Waals surface area contributed by atoms with Crippen molar-refractivity contribution in [1.29, 1.82) is 0 Å². The van der Waals surface area contributed by atoms with Crippen LogP contribution in [0.25, 0.3) is 0 Å². The van der Waals surface area contributed by atoms with Crippen LogP contribution >= 0.6 is 0 Å². The third-order valence-corrected chi connectivity index (χ3v) is 3.16. The molecule has 2 atom stereocenters. The third kappa shape index (κ3) is 4.22. The van der Waals surface area contributed by atoms with Crippen LogP contribution in [0.3, 0.4) is 0 Å². The molecule has 2 unspecified atom stereocenters. The van der Waals surface area contributed by atoms with Crippen molar-refractivity contribution in [3.8, 4) is 0 Å². The average molecular weight is 234 g/mol. The minimum Gasteiger partial charge on any atom is -0.508 e. The molecule has 0 aromatic rings. The van der Waals surface area contributed by atoms with Gasteiger partial charge in [0.05, 0.1) is 0 Å². The molecule has 0 aromatic heterocycles. The monoisotopic (exact) mass is 234 g/mol. The second-order valence-electron chi connectivity index (χ2n) is 5.21. The number of hydrogen-bond acceptors (Lipinski definition) is 2. The molecule has 1 N–H and O–H groups in total. The lowest BCUT2D eigenvalue weighted by atomic mass is 9.83. The van der Waals surface area contributed by atoms with Crippen LogP contribution in [0.5, 0.6) is 0 Å². The normalized spacial score (nSPS) is 21.3. The van der Waals surface area contributed by atoms with Crippen LogP contribution in [0.1, 0.15) is 40.5 Å². The molecule has 0 aliphatic heterocycles. The van der Waals surface area contributed by atoms with Crippen molar-refractivity contribution >= 4 is 5.78 Å². The maximum atomic E-state index is 11.7. The van der Waals surface area contributed by atoms with Crippen LogP contribution in [0.4, 0.5) is 0 Å². The molecule has 1 aliphatic rings. The van der Waals surface area contributed by atoms with E-state index in [0.717, 1.165) is 17.6 Å². The molecule has 1 aliphatic carbocycles. The number of aliphatic hydroxyl groups excluding tert-OH is 1.